The number of aliphatic hydroxyl groups is 1. The van der Waals surface area contributed by atoms with Crippen LogP contribution in [0.15, 0.2) is 0 Å². The molecule has 1 nitrogen and oxygen atoms in total. The van der Waals surface area contributed by atoms with Crippen LogP contribution in [-0.4, -0.2) is 18.6 Å². The van der Waals surface area contributed by atoms with Crippen LogP contribution in [0.4, 0.5) is 0 Å². The summed E-state index contributed by atoms with van der Waals surface area (Å²) in [6, 6.07) is 0. The zero-order chi connectivity index (χ0) is 13.1. The van der Waals surface area contributed by atoms with Gasteiger partial charge in [-0.2, -0.15) is 0 Å². The third-order valence-electron chi connectivity index (χ3n) is 4.71. The van der Waals surface area contributed by atoms with E-state index in [0.717, 1.165) is 30.5 Å². The predicted octanol–water partition coefficient (Wildman–Crippen LogP) is 3.42. The van der Waals surface area contributed by atoms with Crippen molar-refractivity contribution >= 4 is 7.85 Å². The summed E-state index contributed by atoms with van der Waals surface area (Å²) >= 11 is 0. The molecule has 0 saturated heterocycles. The van der Waals surface area contributed by atoms with Crippen molar-refractivity contribution < 1.29 is 5.11 Å². The molecule has 1 aliphatic carbocycles. The second-order valence-electron chi connectivity index (χ2n) is 7.23. The van der Waals surface area contributed by atoms with E-state index in [1.54, 1.807) is 0 Å². The Morgan fingerprint density at radius 1 is 1.12 bits per heavy atom. The van der Waals surface area contributed by atoms with Crippen molar-refractivity contribution in [3.63, 3.8) is 0 Å². The molecule has 0 aromatic heterocycles. The monoisotopic (exact) mass is 238 g/mol. The maximum Gasteiger partial charge on any atom is 0.105 e. The Balaban J connectivity index is 2.66. The van der Waals surface area contributed by atoms with E-state index in [2.05, 4.69) is 28.6 Å². The predicted molar refractivity (Wildman–Crippen MR) is 78.1 cm³/mol. The normalized spacial score (nSPS) is 46.2. The molecule has 0 radical (unpaired) electrons. The van der Waals surface area contributed by atoms with Gasteiger partial charge in [0.25, 0.3) is 0 Å². The molecule has 1 aliphatic rings. The summed E-state index contributed by atoms with van der Waals surface area (Å²) in [5, 5.41) is 10.4. The Labute approximate surface area is 109 Å². The van der Waals surface area contributed by atoms with Crippen LogP contribution in [-0.2, 0) is 0 Å². The molecular weight excluding hydrogens is 207 g/mol. The van der Waals surface area contributed by atoms with Crippen molar-refractivity contribution in [1.82, 2.24) is 0 Å². The topological polar surface area (TPSA) is 20.2 Å². The molecule has 17 heavy (non-hydrogen) atoms. The molecule has 0 heterocycles. The van der Waals surface area contributed by atoms with E-state index in [9.17, 15) is 5.11 Å². The summed E-state index contributed by atoms with van der Waals surface area (Å²) < 4.78 is 0. The van der Waals surface area contributed by atoms with Gasteiger partial charge >= 0.3 is 0 Å². The van der Waals surface area contributed by atoms with Gasteiger partial charge in [-0.05, 0) is 50.4 Å². The molecule has 2 heteroatoms. The third-order valence-corrected chi connectivity index (χ3v) is 4.71. The zero-order valence-electron chi connectivity index (χ0n) is 12.5. The fraction of sp³-hybridized carbons (Fsp3) is 1.00. The summed E-state index contributed by atoms with van der Waals surface area (Å²) in [4.78, 5) is 0. The van der Waals surface area contributed by atoms with Crippen LogP contribution >= 0.6 is 0 Å². The highest BCUT2D eigenvalue weighted by atomic mass is 16.3. The van der Waals surface area contributed by atoms with E-state index < -0.39 is 5.60 Å². The largest absolute Gasteiger partial charge is 0.390 e. The molecule has 1 fully saturated rings. The number of rotatable bonds is 0. The van der Waals surface area contributed by atoms with Gasteiger partial charge in [0.2, 0.25) is 0 Å². The first-order valence-electron chi connectivity index (χ1n) is 7.52. The first-order chi connectivity index (χ1) is 7.80. The SMILES string of the molecule is BC1CCCC(C)(O)CC(C)CC(C)CC1C. The summed E-state index contributed by atoms with van der Waals surface area (Å²) in [5.41, 5.74) is -0.438. The zero-order valence-corrected chi connectivity index (χ0v) is 12.5. The van der Waals surface area contributed by atoms with E-state index >= 15 is 0 Å². The van der Waals surface area contributed by atoms with Gasteiger partial charge in [-0.25, -0.2) is 0 Å². The van der Waals surface area contributed by atoms with Crippen molar-refractivity contribution in [2.45, 2.75) is 77.6 Å². The summed E-state index contributed by atoms with van der Waals surface area (Å²) in [7, 11) is 2.38. The minimum atomic E-state index is -0.438. The lowest BCUT2D eigenvalue weighted by Crippen LogP contribution is -2.27. The van der Waals surface area contributed by atoms with Crippen molar-refractivity contribution in [1.29, 1.82) is 0 Å². The van der Waals surface area contributed by atoms with E-state index in [4.69, 9.17) is 0 Å². The minimum absolute atomic E-state index is 0.438. The molecule has 1 rings (SSSR count). The molecule has 0 aromatic rings. The Bertz CT molecular complexity index is 227. The van der Waals surface area contributed by atoms with E-state index in [-0.39, 0.29) is 0 Å². The second kappa shape index (κ2) is 6.27. The second-order valence-corrected chi connectivity index (χ2v) is 7.23. The third kappa shape index (κ3) is 5.46. The molecule has 100 valence electrons. The maximum atomic E-state index is 10.4. The molecule has 1 N–H and O–H groups in total. The Morgan fingerprint density at radius 3 is 2.41 bits per heavy atom. The van der Waals surface area contributed by atoms with Crippen LogP contribution in [0.3, 0.4) is 0 Å². The summed E-state index contributed by atoms with van der Waals surface area (Å²) in [6.45, 7) is 9.12. The lowest BCUT2D eigenvalue weighted by Gasteiger charge is -2.27. The first-order valence-corrected chi connectivity index (χ1v) is 7.52. The van der Waals surface area contributed by atoms with Gasteiger partial charge in [0, 0.05) is 0 Å². The standard InChI is InChI=1S/C15H31BO/c1-11-8-12(2)10-15(4,17)7-5-6-14(16)13(3)9-11/h11-14,17H,5-10,16H2,1-4H3. The van der Waals surface area contributed by atoms with E-state index in [1.165, 1.54) is 25.7 Å². The van der Waals surface area contributed by atoms with Crippen molar-refractivity contribution in [2.75, 3.05) is 0 Å². The number of hydrogen-bond donors (Lipinski definition) is 1. The van der Waals surface area contributed by atoms with Crippen LogP contribution in [0, 0.1) is 17.8 Å². The molecule has 0 aromatic carbocycles. The smallest absolute Gasteiger partial charge is 0.105 e. The van der Waals surface area contributed by atoms with E-state index in [1.807, 2.05) is 6.92 Å². The highest BCUT2D eigenvalue weighted by molar-refractivity contribution is 6.11. The highest BCUT2D eigenvalue weighted by Gasteiger charge is 2.26. The van der Waals surface area contributed by atoms with Crippen LogP contribution in [0.5, 0.6) is 0 Å². The van der Waals surface area contributed by atoms with E-state index in [0.29, 0.717) is 5.92 Å². The highest BCUT2D eigenvalue weighted by Crippen LogP contribution is 2.34. The van der Waals surface area contributed by atoms with Gasteiger partial charge < -0.3 is 5.11 Å². The molecule has 1 saturated carbocycles. The van der Waals surface area contributed by atoms with Gasteiger partial charge in [0.1, 0.15) is 7.85 Å². The Hall–Kier alpha value is 0.0249. The minimum Gasteiger partial charge on any atom is -0.390 e. The van der Waals surface area contributed by atoms with Crippen LogP contribution in [0.25, 0.3) is 0 Å². The van der Waals surface area contributed by atoms with Gasteiger partial charge in [-0.1, -0.05) is 39.4 Å². The van der Waals surface area contributed by atoms with Crippen molar-refractivity contribution in [3.05, 3.63) is 0 Å². The van der Waals surface area contributed by atoms with Crippen LogP contribution in [0.1, 0.15) is 66.2 Å². The van der Waals surface area contributed by atoms with Crippen LogP contribution in [0.2, 0.25) is 5.82 Å². The van der Waals surface area contributed by atoms with Gasteiger partial charge in [-0.15, -0.1) is 0 Å². The summed E-state index contributed by atoms with van der Waals surface area (Å²) in [5.74, 6) is 3.10. The number of hydrogen-bond acceptors (Lipinski definition) is 1. The lowest BCUT2D eigenvalue weighted by molar-refractivity contribution is 0.0230. The average molecular weight is 238 g/mol. The Kier molecular flexibility index (Phi) is 5.56. The van der Waals surface area contributed by atoms with Gasteiger partial charge in [0.15, 0.2) is 0 Å². The average Bonchev–Trinajstić information content (AvgIpc) is 2.14. The van der Waals surface area contributed by atoms with Crippen LogP contribution < -0.4 is 0 Å². The Morgan fingerprint density at radius 2 is 1.76 bits per heavy atom. The molecular formula is C15H31BO. The van der Waals surface area contributed by atoms with Gasteiger partial charge in [0.05, 0.1) is 5.60 Å². The molecule has 0 aliphatic heterocycles. The molecule has 0 bridgehead atoms. The molecule has 0 amide bonds. The van der Waals surface area contributed by atoms with Gasteiger partial charge in [-0.3, -0.25) is 0 Å². The fourth-order valence-electron chi connectivity index (χ4n) is 3.68. The van der Waals surface area contributed by atoms with Crippen molar-refractivity contribution in [2.24, 2.45) is 17.8 Å². The maximum absolute atomic E-state index is 10.4. The lowest BCUT2D eigenvalue weighted by atomic mass is 9.71. The summed E-state index contributed by atoms with van der Waals surface area (Å²) in [6.07, 6.45) is 7.03. The fourth-order valence-corrected chi connectivity index (χ4v) is 3.68. The molecule has 5 unspecified atom stereocenters. The molecule has 5 atom stereocenters. The first kappa shape index (κ1) is 15.1. The quantitative estimate of drug-likeness (QED) is 0.641. The molecule has 0 spiro atoms. The van der Waals surface area contributed by atoms with Crippen molar-refractivity contribution in [3.8, 4) is 0 Å².